The summed E-state index contributed by atoms with van der Waals surface area (Å²) in [4.78, 5) is 22.0. The molecule has 0 atom stereocenters. The predicted octanol–water partition coefficient (Wildman–Crippen LogP) is 1.02. The van der Waals surface area contributed by atoms with Gasteiger partial charge in [-0.15, -0.1) is 0 Å². The molecule has 2 amide bonds. The Labute approximate surface area is 85.3 Å². The molecule has 0 aliphatic heterocycles. The summed E-state index contributed by atoms with van der Waals surface area (Å²) in [5.74, 6) is 4.61. The largest absolute Gasteiger partial charge is 0.442 e. The van der Waals surface area contributed by atoms with Gasteiger partial charge in [-0.25, -0.2) is 10.6 Å². The lowest BCUT2D eigenvalue weighted by molar-refractivity contribution is -0.127. The Bertz CT molecular complexity index is 212. The molecule has 0 aliphatic carbocycles. The van der Waals surface area contributed by atoms with Crippen LogP contribution in [0.15, 0.2) is 0 Å². The SMILES string of the molecule is CC(C)(C)OC(=O)N(N)C(=O)CBr. The third kappa shape index (κ3) is 4.84. The fourth-order valence-corrected chi connectivity index (χ4v) is 0.747. The van der Waals surface area contributed by atoms with Crippen molar-refractivity contribution < 1.29 is 14.3 Å². The molecule has 0 aromatic rings. The summed E-state index contributed by atoms with van der Waals surface area (Å²) in [5, 5.41) is 0.433. The molecule has 0 aromatic heterocycles. The first-order valence-electron chi connectivity index (χ1n) is 3.64. The number of halogens is 1. The monoisotopic (exact) mass is 252 g/mol. The number of hydrogen-bond donors (Lipinski definition) is 1. The van der Waals surface area contributed by atoms with E-state index in [0.29, 0.717) is 5.01 Å². The van der Waals surface area contributed by atoms with E-state index in [1.165, 1.54) is 0 Å². The molecule has 0 aliphatic rings. The molecule has 0 radical (unpaired) electrons. The van der Waals surface area contributed by atoms with Gasteiger partial charge in [0.2, 0.25) is 0 Å². The third-order valence-electron chi connectivity index (χ3n) is 0.973. The summed E-state index contributed by atoms with van der Waals surface area (Å²) in [5.41, 5.74) is -0.651. The van der Waals surface area contributed by atoms with Crippen molar-refractivity contribution in [1.82, 2.24) is 5.01 Å². The number of hydrogen-bond acceptors (Lipinski definition) is 4. The molecule has 76 valence electrons. The number of carbonyl (C=O) groups excluding carboxylic acids is 2. The Morgan fingerprint density at radius 2 is 1.92 bits per heavy atom. The smallest absolute Gasteiger partial charge is 0.431 e. The maximum Gasteiger partial charge on any atom is 0.431 e. The Morgan fingerprint density at radius 3 is 2.23 bits per heavy atom. The van der Waals surface area contributed by atoms with Crippen molar-refractivity contribution in [3.05, 3.63) is 0 Å². The van der Waals surface area contributed by atoms with Gasteiger partial charge in [0.15, 0.2) is 0 Å². The van der Waals surface area contributed by atoms with Gasteiger partial charge in [0.1, 0.15) is 5.60 Å². The second-order valence-electron chi connectivity index (χ2n) is 3.38. The van der Waals surface area contributed by atoms with Gasteiger partial charge < -0.3 is 4.74 Å². The van der Waals surface area contributed by atoms with E-state index in [1.807, 2.05) is 0 Å². The highest BCUT2D eigenvalue weighted by Gasteiger charge is 2.23. The summed E-state index contributed by atoms with van der Waals surface area (Å²) in [6, 6.07) is 0. The van der Waals surface area contributed by atoms with Crippen molar-refractivity contribution >= 4 is 27.9 Å². The number of imide groups is 1. The van der Waals surface area contributed by atoms with E-state index in [-0.39, 0.29) is 5.33 Å². The van der Waals surface area contributed by atoms with E-state index in [9.17, 15) is 9.59 Å². The second kappa shape index (κ2) is 4.57. The van der Waals surface area contributed by atoms with E-state index >= 15 is 0 Å². The zero-order chi connectivity index (χ0) is 10.6. The zero-order valence-electron chi connectivity index (χ0n) is 7.83. The average Bonchev–Trinajstić information content (AvgIpc) is 1.98. The molecule has 0 aromatic carbocycles. The number of carbonyl (C=O) groups is 2. The first-order valence-corrected chi connectivity index (χ1v) is 4.76. The van der Waals surface area contributed by atoms with Crippen LogP contribution in [0.5, 0.6) is 0 Å². The molecular weight excluding hydrogens is 240 g/mol. The molecule has 0 saturated carbocycles. The fourth-order valence-electron chi connectivity index (χ4n) is 0.477. The van der Waals surface area contributed by atoms with Gasteiger partial charge in [-0.1, -0.05) is 15.9 Å². The van der Waals surface area contributed by atoms with Gasteiger partial charge in [0.05, 0.1) is 5.33 Å². The van der Waals surface area contributed by atoms with Gasteiger partial charge in [0, 0.05) is 0 Å². The minimum absolute atomic E-state index is 0.0112. The normalized spacial score (nSPS) is 10.8. The van der Waals surface area contributed by atoms with Crippen molar-refractivity contribution in [3.63, 3.8) is 0 Å². The van der Waals surface area contributed by atoms with Crippen molar-refractivity contribution in [2.75, 3.05) is 5.33 Å². The molecule has 0 unspecified atom stereocenters. The lowest BCUT2D eigenvalue weighted by atomic mass is 10.2. The van der Waals surface area contributed by atoms with Crippen LogP contribution in [0.2, 0.25) is 0 Å². The van der Waals surface area contributed by atoms with Gasteiger partial charge >= 0.3 is 6.09 Å². The summed E-state index contributed by atoms with van der Waals surface area (Å²) in [7, 11) is 0. The first kappa shape index (κ1) is 12.4. The minimum Gasteiger partial charge on any atom is -0.442 e. The number of amides is 2. The molecule has 5 nitrogen and oxygen atoms in total. The summed E-state index contributed by atoms with van der Waals surface area (Å²) in [6.07, 6.45) is -0.850. The maximum atomic E-state index is 11.1. The number of hydrazine groups is 1. The second-order valence-corrected chi connectivity index (χ2v) is 3.94. The summed E-state index contributed by atoms with van der Waals surface area (Å²) in [6.45, 7) is 5.08. The van der Waals surface area contributed by atoms with Crippen LogP contribution in [0, 0.1) is 0 Å². The Balaban J connectivity index is 4.20. The minimum atomic E-state index is -0.850. The van der Waals surface area contributed by atoms with E-state index in [4.69, 9.17) is 10.6 Å². The molecule has 0 bridgehead atoms. The van der Waals surface area contributed by atoms with Crippen LogP contribution >= 0.6 is 15.9 Å². The van der Waals surface area contributed by atoms with E-state index < -0.39 is 17.6 Å². The van der Waals surface area contributed by atoms with E-state index in [2.05, 4.69) is 15.9 Å². The molecule has 2 N–H and O–H groups in total. The van der Waals surface area contributed by atoms with Crippen molar-refractivity contribution in [3.8, 4) is 0 Å². The zero-order valence-corrected chi connectivity index (χ0v) is 9.42. The molecule has 0 saturated heterocycles. The van der Waals surface area contributed by atoms with Crippen LogP contribution in [0.1, 0.15) is 20.8 Å². The molecule has 0 spiro atoms. The molecule has 0 fully saturated rings. The average molecular weight is 253 g/mol. The highest BCUT2D eigenvalue weighted by Crippen LogP contribution is 2.08. The highest BCUT2D eigenvalue weighted by molar-refractivity contribution is 9.09. The highest BCUT2D eigenvalue weighted by atomic mass is 79.9. The van der Waals surface area contributed by atoms with Crippen molar-refractivity contribution in [2.45, 2.75) is 26.4 Å². The number of ether oxygens (including phenoxy) is 1. The Hall–Kier alpha value is -0.620. The quantitative estimate of drug-likeness (QED) is 0.327. The molecule has 6 heteroatoms. The van der Waals surface area contributed by atoms with Gasteiger partial charge in [-0.05, 0) is 20.8 Å². The fraction of sp³-hybridized carbons (Fsp3) is 0.714. The topological polar surface area (TPSA) is 72.6 Å². The van der Waals surface area contributed by atoms with Gasteiger partial charge in [0.25, 0.3) is 5.91 Å². The van der Waals surface area contributed by atoms with Crippen LogP contribution in [0.4, 0.5) is 4.79 Å². The van der Waals surface area contributed by atoms with Crippen LogP contribution in [0.3, 0.4) is 0 Å². The van der Waals surface area contributed by atoms with Crippen molar-refractivity contribution in [1.29, 1.82) is 0 Å². The summed E-state index contributed by atoms with van der Waals surface area (Å²) < 4.78 is 4.84. The van der Waals surface area contributed by atoms with E-state index in [0.717, 1.165) is 0 Å². The number of nitrogens with zero attached hydrogens (tertiary/aromatic N) is 1. The van der Waals surface area contributed by atoms with E-state index in [1.54, 1.807) is 20.8 Å². The number of alkyl halides is 1. The van der Waals surface area contributed by atoms with Crippen LogP contribution in [-0.4, -0.2) is 27.9 Å². The van der Waals surface area contributed by atoms with Crippen LogP contribution in [-0.2, 0) is 9.53 Å². The molecule has 0 rings (SSSR count). The standard InChI is InChI=1S/C7H13BrN2O3/c1-7(2,3)13-6(12)10(9)5(11)4-8/h4,9H2,1-3H3. The predicted molar refractivity (Wildman–Crippen MR) is 51.1 cm³/mol. The lowest BCUT2D eigenvalue weighted by Crippen LogP contribution is -2.46. The number of nitrogens with two attached hydrogens (primary N) is 1. The Kier molecular flexibility index (Phi) is 4.35. The van der Waals surface area contributed by atoms with Crippen LogP contribution in [0.25, 0.3) is 0 Å². The first-order chi connectivity index (χ1) is 5.78. The van der Waals surface area contributed by atoms with Gasteiger partial charge in [-0.3, -0.25) is 4.79 Å². The number of rotatable bonds is 1. The third-order valence-corrected chi connectivity index (χ3v) is 1.45. The lowest BCUT2D eigenvalue weighted by Gasteiger charge is -2.22. The maximum absolute atomic E-state index is 11.1. The molecule has 13 heavy (non-hydrogen) atoms. The Morgan fingerprint density at radius 1 is 1.46 bits per heavy atom. The van der Waals surface area contributed by atoms with Crippen molar-refractivity contribution in [2.24, 2.45) is 5.84 Å². The molecular formula is C7H13BrN2O3. The van der Waals surface area contributed by atoms with Crippen LogP contribution < -0.4 is 5.84 Å². The van der Waals surface area contributed by atoms with Gasteiger partial charge in [-0.2, -0.15) is 5.01 Å². The molecule has 0 heterocycles. The summed E-state index contributed by atoms with van der Waals surface area (Å²) >= 11 is 2.88.